The van der Waals surface area contributed by atoms with Crippen molar-refractivity contribution in [1.82, 2.24) is 0 Å². The van der Waals surface area contributed by atoms with Crippen LogP contribution in [0.15, 0.2) is 48.5 Å². The number of para-hydroxylation sites is 2. The predicted octanol–water partition coefficient (Wildman–Crippen LogP) is 4.56. The third-order valence-corrected chi connectivity index (χ3v) is 3.71. The van der Waals surface area contributed by atoms with Gasteiger partial charge in [0, 0.05) is 5.69 Å². The van der Waals surface area contributed by atoms with Crippen LogP contribution in [0.1, 0.15) is 45.6 Å². The van der Waals surface area contributed by atoms with Crippen LogP contribution < -0.4 is 15.4 Å². The van der Waals surface area contributed by atoms with Crippen LogP contribution in [0.4, 0.5) is 11.4 Å². The highest BCUT2D eigenvalue weighted by atomic mass is 16.5. The first-order valence-corrected chi connectivity index (χ1v) is 8.80. The number of hydrogen-bond acceptors (Lipinski definition) is 3. The SMILES string of the molecule is CC(C)Oc1ccccc1NC(=O)CC(=O)Nc1ccc(C(C)C)cc1. The molecule has 0 bridgehead atoms. The van der Waals surface area contributed by atoms with Crippen LogP contribution in [0.3, 0.4) is 0 Å². The first-order valence-electron chi connectivity index (χ1n) is 8.80. The summed E-state index contributed by atoms with van der Waals surface area (Å²) in [7, 11) is 0. The van der Waals surface area contributed by atoms with E-state index in [0.29, 0.717) is 23.0 Å². The highest BCUT2D eigenvalue weighted by Gasteiger charge is 2.13. The van der Waals surface area contributed by atoms with Gasteiger partial charge in [-0.15, -0.1) is 0 Å². The molecule has 0 heterocycles. The van der Waals surface area contributed by atoms with Crippen molar-refractivity contribution in [1.29, 1.82) is 0 Å². The van der Waals surface area contributed by atoms with Gasteiger partial charge in [0.05, 0.1) is 11.8 Å². The van der Waals surface area contributed by atoms with Gasteiger partial charge in [-0.25, -0.2) is 0 Å². The van der Waals surface area contributed by atoms with E-state index in [-0.39, 0.29) is 24.3 Å². The van der Waals surface area contributed by atoms with E-state index in [1.54, 1.807) is 18.2 Å². The zero-order chi connectivity index (χ0) is 19.1. The van der Waals surface area contributed by atoms with E-state index < -0.39 is 0 Å². The monoisotopic (exact) mass is 354 g/mol. The summed E-state index contributed by atoms with van der Waals surface area (Å²) in [4.78, 5) is 24.3. The lowest BCUT2D eigenvalue weighted by molar-refractivity contribution is -0.123. The lowest BCUT2D eigenvalue weighted by atomic mass is 10.0. The highest BCUT2D eigenvalue weighted by molar-refractivity contribution is 6.08. The Kier molecular flexibility index (Phi) is 6.78. The minimum Gasteiger partial charge on any atom is -0.489 e. The Labute approximate surface area is 154 Å². The van der Waals surface area contributed by atoms with Gasteiger partial charge in [-0.3, -0.25) is 9.59 Å². The molecule has 2 rings (SSSR count). The van der Waals surface area contributed by atoms with Gasteiger partial charge in [0.15, 0.2) is 0 Å². The first-order chi connectivity index (χ1) is 12.3. The molecule has 0 spiro atoms. The van der Waals surface area contributed by atoms with Gasteiger partial charge in [0.25, 0.3) is 0 Å². The van der Waals surface area contributed by atoms with Crippen LogP contribution in [0, 0.1) is 0 Å². The minimum atomic E-state index is -0.388. The van der Waals surface area contributed by atoms with Gasteiger partial charge in [-0.2, -0.15) is 0 Å². The predicted molar refractivity (Wildman–Crippen MR) is 105 cm³/mol. The topological polar surface area (TPSA) is 67.4 Å². The van der Waals surface area contributed by atoms with Gasteiger partial charge < -0.3 is 15.4 Å². The van der Waals surface area contributed by atoms with Crippen LogP contribution >= 0.6 is 0 Å². The molecular formula is C21H26N2O3. The Morgan fingerprint density at radius 2 is 1.50 bits per heavy atom. The molecule has 26 heavy (non-hydrogen) atoms. The number of nitrogens with one attached hydrogen (secondary N) is 2. The Hall–Kier alpha value is -2.82. The second-order valence-electron chi connectivity index (χ2n) is 6.71. The molecule has 2 N–H and O–H groups in total. The van der Waals surface area contributed by atoms with E-state index >= 15 is 0 Å². The smallest absolute Gasteiger partial charge is 0.233 e. The Morgan fingerprint density at radius 3 is 2.12 bits per heavy atom. The van der Waals surface area contributed by atoms with Crippen LogP contribution in [0.5, 0.6) is 5.75 Å². The molecule has 2 aromatic rings. The maximum absolute atomic E-state index is 12.2. The number of anilines is 2. The maximum atomic E-state index is 12.2. The Bertz CT molecular complexity index is 752. The Morgan fingerprint density at radius 1 is 0.885 bits per heavy atom. The van der Waals surface area contributed by atoms with Crippen molar-refractivity contribution in [3.8, 4) is 5.75 Å². The summed E-state index contributed by atoms with van der Waals surface area (Å²) < 4.78 is 5.66. The van der Waals surface area contributed by atoms with Crippen molar-refractivity contribution in [3.63, 3.8) is 0 Å². The fourth-order valence-corrected chi connectivity index (χ4v) is 2.42. The standard InChI is InChI=1S/C21H26N2O3/c1-14(2)16-9-11-17(12-10-16)22-20(24)13-21(25)23-18-7-5-6-8-19(18)26-15(3)4/h5-12,14-15H,13H2,1-4H3,(H,22,24)(H,23,25). The molecule has 0 aliphatic heterocycles. The summed E-state index contributed by atoms with van der Waals surface area (Å²) in [5.41, 5.74) is 2.43. The minimum absolute atomic E-state index is 0.00911. The van der Waals surface area contributed by atoms with Crippen LogP contribution in [-0.2, 0) is 9.59 Å². The number of amides is 2. The van der Waals surface area contributed by atoms with Crippen LogP contribution in [-0.4, -0.2) is 17.9 Å². The molecule has 2 amide bonds. The largest absolute Gasteiger partial charge is 0.489 e. The number of ether oxygens (including phenoxy) is 1. The zero-order valence-electron chi connectivity index (χ0n) is 15.7. The quantitative estimate of drug-likeness (QED) is 0.716. The molecule has 2 aromatic carbocycles. The van der Waals surface area contributed by atoms with Gasteiger partial charge in [-0.1, -0.05) is 38.1 Å². The molecule has 5 heteroatoms. The fourth-order valence-electron chi connectivity index (χ4n) is 2.42. The molecule has 0 fully saturated rings. The highest BCUT2D eigenvalue weighted by Crippen LogP contribution is 2.25. The third kappa shape index (κ3) is 5.92. The van der Waals surface area contributed by atoms with Gasteiger partial charge in [-0.05, 0) is 49.6 Å². The number of rotatable bonds is 7. The Balaban J connectivity index is 1.92. The van der Waals surface area contributed by atoms with Crippen molar-refractivity contribution >= 4 is 23.2 Å². The molecule has 0 aliphatic rings. The summed E-state index contributed by atoms with van der Waals surface area (Å²) in [6.07, 6.45) is -0.271. The van der Waals surface area contributed by atoms with Crippen molar-refractivity contribution < 1.29 is 14.3 Å². The van der Waals surface area contributed by atoms with E-state index in [9.17, 15) is 9.59 Å². The van der Waals surface area contributed by atoms with Crippen molar-refractivity contribution in [2.24, 2.45) is 0 Å². The summed E-state index contributed by atoms with van der Waals surface area (Å²) in [6, 6.07) is 14.8. The lowest BCUT2D eigenvalue weighted by Gasteiger charge is -2.14. The second-order valence-corrected chi connectivity index (χ2v) is 6.71. The molecule has 0 aliphatic carbocycles. The summed E-state index contributed by atoms with van der Waals surface area (Å²) in [5, 5.41) is 5.47. The molecule has 0 aromatic heterocycles. The van der Waals surface area contributed by atoms with Crippen LogP contribution in [0.25, 0.3) is 0 Å². The number of benzene rings is 2. The lowest BCUT2D eigenvalue weighted by Crippen LogP contribution is -2.22. The molecule has 0 unspecified atom stereocenters. The summed E-state index contributed by atoms with van der Waals surface area (Å²) >= 11 is 0. The molecule has 5 nitrogen and oxygen atoms in total. The molecule has 138 valence electrons. The summed E-state index contributed by atoms with van der Waals surface area (Å²) in [5.74, 6) is 0.266. The number of carbonyl (C=O) groups excluding carboxylic acids is 2. The van der Waals surface area contributed by atoms with Crippen molar-refractivity contribution in [2.75, 3.05) is 10.6 Å². The zero-order valence-corrected chi connectivity index (χ0v) is 15.7. The normalized spacial score (nSPS) is 10.7. The van der Waals surface area contributed by atoms with E-state index in [1.807, 2.05) is 44.2 Å². The van der Waals surface area contributed by atoms with Gasteiger partial charge in [0.1, 0.15) is 12.2 Å². The van der Waals surface area contributed by atoms with Crippen molar-refractivity contribution in [3.05, 3.63) is 54.1 Å². The first kappa shape index (κ1) is 19.5. The van der Waals surface area contributed by atoms with Crippen LogP contribution in [0.2, 0.25) is 0 Å². The van der Waals surface area contributed by atoms with Crippen molar-refractivity contribution in [2.45, 2.75) is 46.1 Å². The van der Waals surface area contributed by atoms with E-state index in [0.717, 1.165) is 0 Å². The average Bonchev–Trinajstić information content (AvgIpc) is 2.56. The average molecular weight is 354 g/mol. The van der Waals surface area contributed by atoms with E-state index in [2.05, 4.69) is 24.5 Å². The second kappa shape index (κ2) is 9.04. The third-order valence-electron chi connectivity index (χ3n) is 3.71. The molecule has 0 saturated carbocycles. The number of carbonyl (C=O) groups is 2. The maximum Gasteiger partial charge on any atom is 0.233 e. The molecule has 0 saturated heterocycles. The fraction of sp³-hybridized carbons (Fsp3) is 0.333. The molecule has 0 atom stereocenters. The van der Waals surface area contributed by atoms with E-state index in [4.69, 9.17) is 4.74 Å². The van der Waals surface area contributed by atoms with E-state index in [1.165, 1.54) is 5.56 Å². The van der Waals surface area contributed by atoms with Gasteiger partial charge >= 0.3 is 0 Å². The molecular weight excluding hydrogens is 328 g/mol. The van der Waals surface area contributed by atoms with Gasteiger partial charge in [0.2, 0.25) is 11.8 Å². The summed E-state index contributed by atoms with van der Waals surface area (Å²) in [6.45, 7) is 8.05. The molecule has 0 radical (unpaired) electrons. The number of hydrogen-bond donors (Lipinski definition) is 2.